The number of allylic oxidation sites excluding steroid dienone is 5. The largest absolute Gasteiger partial charge is 0.295 e. The van der Waals surface area contributed by atoms with E-state index in [1.165, 1.54) is 13.0 Å². The molecular weight excluding hydrogens is 282 g/mol. The van der Waals surface area contributed by atoms with Crippen molar-refractivity contribution >= 4 is 11.5 Å². The first kappa shape index (κ1) is 16.4. The Morgan fingerprint density at radius 3 is 1.83 bits per heavy atom. The Morgan fingerprint density at radius 2 is 1.30 bits per heavy atom. The molecule has 0 radical (unpaired) electrons. The molecule has 0 aliphatic heterocycles. The van der Waals surface area contributed by atoms with Gasteiger partial charge in [-0.1, -0.05) is 78.9 Å². The van der Waals surface area contributed by atoms with Gasteiger partial charge in [-0.25, -0.2) is 0 Å². The van der Waals surface area contributed by atoms with Crippen LogP contribution in [0.3, 0.4) is 0 Å². The Morgan fingerprint density at radius 1 is 0.783 bits per heavy atom. The highest BCUT2D eigenvalue weighted by Crippen LogP contribution is 2.11. The summed E-state index contributed by atoms with van der Waals surface area (Å²) in [6.45, 7) is 1.52. The molecule has 0 atom stereocenters. The second kappa shape index (κ2) is 9.11. The quantitative estimate of drug-likeness (QED) is 0.430. The Hall–Kier alpha value is -3.00. The number of hydrogen-bond acceptors (Lipinski definition) is 2. The molecule has 0 amide bonds. The minimum absolute atomic E-state index is 0.0343. The number of carbonyl (C=O) groups excluding carboxylic acids is 1. The number of carbonyl (C=O) groups is 1. The van der Waals surface area contributed by atoms with Crippen molar-refractivity contribution in [2.45, 2.75) is 6.92 Å². The fourth-order valence-electron chi connectivity index (χ4n) is 1.99. The van der Waals surface area contributed by atoms with E-state index >= 15 is 0 Å². The van der Waals surface area contributed by atoms with Crippen LogP contribution in [0.4, 0.5) is 0 Å². The van der Waals surface area contributed by atoms with Gasteiger partial charge in [-0.15, -0.1) is 0 Å². The van der Waals surface area contributed by atoms with Crippen LogP contribution in [0, 0.1) is 0 Å². The van der Waals surface area contributed by atoms with Gasteiger partial charge in [0.2, 0.25) is 0 Å². The van der Waals surface area contributed by atoms with Crippen molar-refractivity contribution in [1.82, 2.24) is 0 Å². The van der Waals surface area contributed by atoms with Crippen LogP contribution in [0.15, 0.2) is 102 Å². The number of ketones is 1. The van der Waals surface area contributed by atoms with Gasteiger partial charge in [-0.05, 0) is 19.1 Å². The number of nitrogens with zero attached hydrogens (tertiary/aromatic N) is 1. The van der Waals surface area contributed by atoms with Gasteiger partial charge in [0, 0.05) is 17.3 Å². The maximum absolute atomic E-state index is 10.8. The molecule has 2 aromatic rings. The van der Waals surface area contributed by atoms with Crippen LogP contribution < -0.4 is 0 Å². The molecule has 0 bridgehead atoms. The number of hydrogen-bond donors (Lipinski definition) is 0. The van der Waals surface area contributed by atoms with Crippen molar-refractivity contribution in [1.29, 1.82) is 0 Å². The maximum Gasteiger partial charge on any atom is 0.152 e. The van der Waals surface area contributed by atoms with Gasteiger partial charge < -0.3 is 0 Å². The second-order valence-corrected chi connectivity index (χ2v) is 4.91. The molecule has 0 saturated carbocycles. The Kier molecular flexibility index (Phi) is 6.48. The van der Waals surface area contributed by atoms with E-state index < -0.39 is 0 Å². The second-order valence-electron chi connectivity index (χ2n) is 4.91. The minimum atomic E-state index is 0.0343. The smallest absolute Gasteiger partial charge is 0.152 e. The van der Waals surface area contributed by atoms with Gasteiger partial charge in [-0.2, -0.15) is 0 Å². The van der Waals surface area contributed by atoms with Gasteiger partial charge >= 0.3 is 0 Å². The van der Waals surface area contributed by atoms with Gasteiger partial charge in [0.25, 0.3) is 0 Å². The average Bonchev–Trinajstić information content (AvgIpc) is 2.59. The molecule has 0 N–H and O–H groups in total. The van der Waals surface area contributed by atoms with E-state index in [-0.39, 0.29) is 5.78 Å². The lowest BCUT2D eigenvalue weighted by Crippen LogP contribution is -2.02. The molecule has 2 nitrogen and oxygen atoms in total. The molecule has 0 unspecified atom stereocenters. The van der Waals surface area contributed by atoms with Crippen molar-refractivity contribution in [3.63, 3.8) is 0 Å². The summed E-state index contributed by atoms with van der Waals surface area (Å²) in [5.74, 6) is 0.0343. The fraction of sp³-hybridized carbons (Fsp3) is 0.0476. The lowest BCUT2D eigenvalue weighted by Gasteiger charge is -2.05. The first-order chi connectivity index (χ1) is 11.3. The molecule has 0 aromatic heterocycles. The summed E-state index contributed by atoms with van der Waals surface area (Å²) >= 11 is 0. The Labute approximate surface area is 137 Å². The van der Waals surface area contributed by atoms with E-state index in [0.29, 0.717) is 0 Å². The lowest BCUT2D eigenvalue weighted by molar-refractivity contribution is -0.112. The van der Waals surface area contributed by atoms with Crippen LogP contribution in [-0.4, -0.2) is 11.5 Å². The number of rotatable bonds is 6. The summed E-state index contributed by atoms with van der Waals surface area (Å²) in [5.41, 5.74) is 3.07. The number of benzene rings is 2. The molecule has 2 aromatic carbocycles. The van der Waals surface area contributed by atoms with Gasteiger partial charge in [0.1, 0.15) is 0 Å². The Balaban J connectivity index is 2.20. The van der Waals surface area contributed by atoms with E-state index in [2.05, 4.69) is 4.99 Å². The van der Waals surface area contributed by atoms with Gasteiger partial charge in [-0.3, -0.25) is 9.79 Å². The normalized spacial score (nSPS) is 11.3. The molecular formula is C21H19NO. The summed E-state index contributed by atoms with van der Waals surface area (Å²) in [4.78, 5) is 15.4. The monoisotopic (exact) mass is 301 g/mol. The van der Waals surface area contributed by atoms with E-state index in [1.807, 2.05) is 72.8 Å². The van der Waals surface area contributed by atoms with Crippen molar-refractivity contribution in [3.05, 3.63) is 108 Å². The van der Waals surface area contributed by atoms with Crippen LogP contribution in [0.5, 0.6) is 0 Å². The molecule has 2 heteroatoms. The summed E-state index contributed by atoms with van der Waals surface area (Å²) in [7, 11) is 0. The zero-order valence-electron chi connectivity index (χ0n) is 13.1. The zero-order valence-corrected chi connectivity index (χ0v) is 13.1. The maximum atomic E-state index is 10.8. The molecule has 2 rings (SSSR count). The van der Waals surface area contributed by atoms with Crippen molar-refractivity contribution in [2.75, 3.05) is 0 Å². The number of aliphatic imine (C=N–C) groups is 1. The summed E-state index contributed by atoms with van der Waals surface area (Å²) < 4.78 is 0. The van der Waals surface area contributed by atoms with E-state index in [1.54, 1.807) is 18.4 Å². The predicted molar refractivity (Wildman–Crippen MR) is 96.6 cm³/mol. The van der Waals surface area contributed by atoms with Crippen molar-refractivity contribution in [2.24, 2.45) is 4.99 Å². The highest BCUT2D eigenvalue weighted by molar-refractivity contribution is 6.13. The third-order valence-electron chi connectivity index (χ3n) is 3.05. The third kappa shape index (κ3) is 5.71. The highest BCUT2D eigenvalue weighted by atomic mass is 16.1. The molecule has 23 heavy (non-hydrogen) atoms. The van der Waals surface area contributed by atoms with Crippen LogP contribution in [-0.2, 0) is 4.79 Å². The summed E-state index contributed by atoms with van der Waals surface area (Å²) in [6.07, 6.45) is 10.5. The van der Waals surface area contributed by atoms with Crippen LogP contribution in [0.1, 0.15) is 18.1 Å². The first-order valence-electron chi connectivity index (χ1n) is 7.46. The zero-order chi connectivity index (χ0) is 16.3. The third-order valence-corrected chi connectivity index (χ3v) is 3.05. The Bertz CT molecular complexity index is 696. The topological polar surface area (TPSA) is 29.4 Å². The fourth-order valence-corrected chi connectivity index (χ4v) is 1.99. The van der Waals surface area contributed by atoms with Crippen molar-refractivity contribution < 1.29 is 4.79 Å². The van der Waals surface area contributed by atoms with E-state index in [0.717, 1.165) is 16.8 Å². The molecule has 114 valence electrons. The minimum Gasteiger partial charge on any atom is -0.295 e. The first-order valence-corrected chi connectivity index (χ1v) is 7.46. The lowest BCUT2D eigenvalue weighted by atomic mass is 10.0. The summed E-state index contributed by atoms with van der Waals surface area (Å²) in [5, 5.41) is 0. The average molecular weight is 301 g/mol. The SMILES string of the molecule is CC(=O)/C=C/C=C/C=C/N=C(c1ccccc1)c1ccccc1. The predicted octanol–water partition coefficient (Wildman–Crippen LogP) is 4.74. The van der Waals surface area contributed by atoms with E-state index in [9.17, 15) is 4.79 Å². The highest BCUT2D eigenvalue weighted by Gasteiger charge is 2.04. The molecule has 0 heterocycles. The molecule has 0 aliphatic rings. The standard InChI is InChI=1S/C21H19NO/c1-18(23)12-6-2-3-11-17-22-21(19-13-7-4-8-14-19)20-15-9-5-10-16-20/h2-17H,1H3/b3-2+,12-6+,17-11+. The van der Waals surface area contributed by atoms with E-state index in [4.69, 9.17) is 0 Å². The van der Waals surface area contributed by atoms with Crippen LogP contribution >= 0.6 is 0 Å². The van der Waals surface area contributed by atoms with Crippen LogP contribution in [0.25, 0.3) is 0 Å². The molecule has 0 saturated heterocycles. The molecule has 0 aliphatic carbocycles. The molecule has 0 spiro atoms. The van der Waals surface area contributed by atoms with Gasteiger partial charge in [0.05, 0.1) is 5.71 Å². The summed E-state index contributed by atoms with van der Waals surface area (Å²) in [6, 6.07) is 20.2. The van der Waals surface area contributed by atoms with Gasteiger partial charge in [0.15, 0.2) is 5.78 Å². The van der Waals surface area contributed by atoms with Crippen molar-refractivity contribution in [3.8, 4) is 0 Å². The van der Waals surface area contributed by atoms with Crippen LogP contribution in [0.2, 0.25) is 0 Å². The molecule has 0 fully saturated rings.